The number of rotatable bonds is 8. The molecule has 1 unspecified atom stereocenters. The van der Waals surface area contributed by atoms with Crippen LogP contribution in [0, 0.1) is 6.92 Å². The van der Waals surface area contributed by atoms with Crippen molar-refractivity contribution in [1.29, 1.82) is 0 Å². The Kier molecular flexibility index (Phi) is 7.13. The minimum atomic E-state index is 0.122. The number of nitrogens with two attached hydrogens (primary N) is 1. The summed E-state index contributed by atoms with van der Waals surface area (Å²) in [7, 11) is 0. The summed E-state index contributed by atoms with van der Waals surface area (Å²) in [4.78, 5) is 14.3. The third kappa shape index (κ3) is 6.03. The topological polar surface area (TPSA) is 50.1 Å². The summed E-state index contributed by atoms with van der Waals surface area (Å²) in [5.41, 5.74) is 5.06. The highest BCUT2D eigenvalue weighted by molar-refractivity contribution is 5.77. The fourth-order valence-corrected chi connectivity index (χ4v) is 4.51. The Morgan fingerprint density at radius 1 is 0.968 bits per heavy atom. The van der Waals surface area contributed by atoms with Crippen LogP contribution in [0.4, 0.5) is 0 Å². The van der Waals surface area contributed by atoms with E-state index in [1.165, 1.54) is 22.3 Å². The van der Waals surface area contributed by atoms with Crippen molar-refractivity contribution in [3.05, 3.63) is 107 Å². The van der Waals surface area contributed by atoms with Gasteiger partial charge in [0, 0.05) is 23.1 Å². The number of carbonyl (C=O) groups excluding carboxylic acids is 1. The van der Waals surface area contributed by atoms with Crippen molar-refractivity contribution >= 4 is 5.91 Å². The Morgan fingerprint density at radius 2 is 1.61 bits per heavy atom. The van der Waals surface area contributed by atoms with E-state index >= 15 is 0 Å². The quantitative estimate of drug-likeness (QED) is 0.515. The lowest BCUT2D eigenvalue weighted by Crippen LogP contribution is -3.09. The molecule has 4 nitrogen and oxygen atoms in total. The maximum absolute atomic E-state index is 12.7. The largest absolute Gasteiger partial charge is 0.343 e. The molecule has 0 saturated carbocycles. The summed E-state index contributed by atoms with van der Waals surface area (Å²) >= 11 is 0. The fraction of sp³-hybridized carbons (Fsp3) is 0.296. The van der Waals surface area contributed by atoms with Gasteiger partial charge in [-0.15, -0.1) is 0 Å². The molecular weight excluding hydrogens is 382 g/mol. The molecule has 0 aromatic heterocycles. The molecule has 4 rings (SSSR count). The van der Waals surface area contributed by atoms with Gasteiger partial charge in [-0.25, -0.2) is 0 Å². The summed E-state index contributed by atoms with van der Waals surface area (Å²) in [5.74, 6) is 0.124. The van der Waals surface area contributed by atoms with Gasteiger partial charge < -0.3 is 15.5 Å². The molecule has 3 aromatic rings. The van der Waals surface area contributed by atoms with Crippen LogP contribution < -0.4 is 15.5 Å². The second kappa shape index (κ2) is 10.4. The fourth-order valence-electron chi connectivity index (χ4n) is 4.51. The maximum atomic E-state index is 12.7. The van der Waals surface area contributed by atoms with Crippen molar-refractivity contribution in [2.24, 2.45) is 0 Å². The lowest BCUT2D eigenvalue weighted by Gasteiger charge is -2.18. The van der Waals surface area contributed by atoms with E-state index in [2.05, 4.69) is 96.4 Å². The lowest BCUT2D eigenvalue weighted by molar-refractivity contribution is -0.901. The van der Waals surface area contributed by atoms with Gasteiger partial charge >= 0.3 is 0 Å². The zero-order valence-corrected chi connectivity index (χ0v) is 18.3. The average molecular weight is 416 g/mol. The van der Waals surface area contributed by atoms with Gasteiger partial charge in [0.1, 0.15) is 12.6 Å². The van der Waals surface area contributed by atoms with E-state index in [9.17, 15) is 4.79 Å². The van der Waals surface area contributed by atoms with E-state index < -0.39 is 0 Å². The van der Waals surface area contributed by atoms with Gasteiger partial charge in [-0.2, -0.15) is 0 Å². The molecular formula is C27H33N3O+2. The van der Waals surface area contributed by atoms with Crippen LogP contribution in [-0.2, 0) is 11.3 Å². The zero-order valence-electron chi connectivity index (χ0n) is 18.3. The molecule has 0 aliphatic carbocycles. The minimum Gasteiger partial charge on any atom is -0.343 e. The summed E-state index contributed by atoms with van der Waals surface area (Å²) < 4.78 is 0. The van der Waals surface area contributed by atoms with Crippen LogP contribution in [-0.4, -0.2) is 31.6 Å². The van der Waals surface area contributed by atoms with E-state index in [0.717, 1.165) is 26.1 Å². The molecule has 3 aromatic carbocycles. The smallest absolute Gasteiger partial charge is 0.275 e. The van der Waals surface area contributed by atoms with Gasteiger partial charge in [-0.1, -0.05) is 90.5 Å². The molecule has 0 spiro atoms. The normalized spacial score (nSPS) is 19.1. The van der Waals surface area contributed by atoms with Crippen LogP contribution in [0.1, 0.15) is 34.7 Å². The molecule has 0 radical (unpaired) electrons. The van der Waals surface area contributed by atoms with Crippen LogP contribution in [0.2, 0.25) is 0 Å². The summed E-state index contributed by atoms with van der Waals surface area (Å²) in [6.45, 7) is 5.67. The number of nitrogens with one attached hydrogen (secondary N) is 2. The van der Waals surface area contributed by atoms with Gasteiger partial charge in [-0.3, -0.25) is 4.79 Å². The Hall–Kier alpha value is -2.95. The molecule has 3 atom stereocenters. The molecule has 1 heterocycles. The van der Waals surface area contributed by atoms with Crippen LogP contribution in [0.25, 0.3) is 0 Å². The summed E-state index contributed by atoms with van der Waals surface area (Å²) in [5, 5.41) is 5.42. The first-order valence-corrected chi connectivity index (χ1v) is 11.3. The molecule has 1 saturated heterocycles. The van der Waals surface area contributed by atoms with Crippen molar-refractivity contribution in [3.63, 3.8) is 0 Å². The number of benzene rings is 3. The summed E-state index contributed by atoms with van der Waals surface area (Å²) in [6, 6.07) is 30.1. The molecule has 1 fully saturated rings. The van der Waals surface area contributed by atoms with Gasteiger partial charge in [0.25, 0.3) is 5.91 Å². The number of hydrogen-bond acceptors (Lipinski definition) is 1. The number of carbonyl (C=O) groups is 1. The van der Waals surface area contributed by atoms with Crippen LogP contribution in [0.15, 0.2) is 84.9 Å². The highest BCUT2D eigenvalue weighted by Gasteiger charge is 2.28. The van der Waals surface area contributed by atoms with Gasteiger partial charge in [-0.05, 0) is 6.92 Å². The number of aryl methyl sites for hydroxylation is 1. The van der Waals surface area contributed by atoms with Crippen molar-refractivity contribution in [2.75, 3.05) is 19.6 Å². The zero-order chi connectivity index (χ0) is 21.5. The van der Waals surface area contributed by atoms with E-state index in [0.29, 0.717) is 6.54 Å². The monoisotopic (exact) mass is 415 g/mol. The first kappa shape index (κ1) is 21.3. The highest BCUT2D eigenvalue weighted by atomic mass is 16.2. The molecule has 0 bridgehead atoms. The first-order chi connectivity index (χ1) is 15.2. The molecule has 1 aliphatic heterocycles. The molecule has 4 N–H and O–H groups in total. The minimum absolute atomic E-state index is 0.122. The predicted molar refractivity (Wildman–Crippen MR) is 124 cm³/mol. The van der Waals surface area contributed by atoms with Crippen molar-refractivity contribution in [2.45, 2.75) is 32.0 Å². The summed E-state index contributed by atoms with van der Waals surface area (Å²) in [6.07, 6.45) is 1.05. The van der Waals surface area contributed by atoms with Crippen molar-refractivity contribution < 1.29 is 15.0 Å². The molecule has 31 heavy (non-hydrogen) atoms. The van der Waals surface area contributed by atoms with Crippen LogP contribution in [0.5, 0.6) is 0 Å². The predicted octanol–water partition coefficient (Wildman–Crippen LogP) is 1.62. The van der Waals surface area contributed by atoms with Crippen molar-refractivity contribution in [3.8, 4) is 0 Å². The lowest BCUT2D eigenvalue weighted by atomic mass is 9.98. The average Bonchev–Trinajstić information content (AvgIpc) is 3.23. The number of hydrogen-bond donors (Lipinski definition) is 3. The highest BCUT2D eigenvalue weighted by Crippen LogP contribution is 2.18. The Balaban J connectivity index is 1.31. The van der Waals surface area contributed by atoms with E-state index in [1.807, 2.05) is 6.07 Å². The Morgan fingerprint density at radius 3 is 2.32 bits per heavy atom. The standard InChI is InChI=1S/C27H31N3O/c1-21-12-14-24(15-13-21)27(23-10-6-3-7-11-23)28-18-26(31)29-25-16-17-30(20-25)19-22-8-4-2-5-9-22/h2-15,25,27-28H,16-20H2,1H3,(H,29,31)/p+2/t25-,27-/m1/s1. The second-order valence-corrected chi connectivity index (χ2v) is 8.66. The van der Waals surface area contributed by atoms with Gasteiger partial charge in [0.2, 0.25) is 0 Å². The van der Waals surface area contributed by atoms with Crippen molar-refractivity contribution in [1.82, 2.24) is 5.32 Å². The third-order valence-electron chi connectivity index (χ3n) is 6.18. The van der Waals surface area contributed by atoms with E-state index in [4.69, 9.17) is 0 Å². The second-order valence-electron chi connectivity index (χ2n) is 8.66. The van der Waals surface area contributed by atoms with Gasteiger partial charge in [0.15, 0.2) is 6.54 Å². The Bertz CT molecular complexity index is 957. The van der Waals surface area contributed by atoms with Crippen LogP contribution >= 0.6 is 0 Å². The number of likely N-dealkylation sites (tertiary alicyclic amines) is 1. The molecule has 1 aliphatic rings. The maximum Gasteiger partial charge on any atom is 0.275 e. The number of amides is 1. The molecule has 4 heteroatoms. The van der Waals surface area contributed by atoms with Crippen LogP contribution in [0.3, 0.4) is 0 Å². The van der Waals surface area contributed by atoms with Gasteiger partial charge in [0.05, 0.1) is 19.1 Å². The third-order valence-corrected chi connectivity index (χ3v) is 6.18. The molecule has 160 valence electrons. The molecule has 1 amide bonds. The van der Waals surface area contributed by atoms with E-state index in [1.54, 1.807) is 4.90 Å². The number of quaternary nitrogens is 2. The van der Waals surface area contributed by atoms with E-state index in [-0.39, 0.29) is 18.0 Å². The SMILES string of the molecule is Cc1ccc([C@H]([NH2+]CC(=O)N[C@@H]2CC[NH+](Cc3ccccc3)C2)c2ccccc2)cc1. The Labute approximate surface area is 185 Å². The first-order valence-electron chi connectivity index (χ1n) is 11.3.